The van der Waals surface area contributed by atoms with E-state index >= 15 is 0 Å². The Hall–Kier alpha value is -2.20. The number of carbonyl (C=O) groups excluding carboxylic acids is 1. The first kappa shape index (κ1) is 14.2. The van der Waals surface area contributed by atoms with Crippen molar-refractivity contribution >= 4 is 11.6 Å². The topological polar surface area (TPSA) is 54.0 Å². The number of pyridine rings is 1. The Balaban J connectivity index is 1.85. The van der Waals surface area contributed by atoms with Crippen LogP contribution >= 0.6 is 0 Å². The fraction of sp³-hybridized carbons (Fsp3) is 0.250. The lowest BCUT2D eigenvalue weighted by molar-refractivity contribution is -0.115. The molecule has 20 heavy (non-hydrogen) atoms. The molecule has 2 N–H and O–H groups in total. The lowest BCUT2D eigenvalue weighted by Crippen LogP contribution is -2.30. The molecule has 4 nitrogen and oxygen atoms in total. The van der Waals surface area contributed by atoms with E-state index in [1.165, 1.54) is 0 Å². The van der Waals surface area contributed by atoms with Crippen molar-refractivity contribution in [3.8, 4) is 0 Å². The van der Waals surface area contributed by atoms with Crippen molar-refractivity contribution in [1.29, 1.82) is 0 Å². The maximum atomic E-state index is 11.9. The molecule has 0 aliphatic rings. The lowest BCUT2D eigenvalue weighted by Gasteiger charge is -2.14. The summed E-state index contributed by atoms with van der Waals surface area (Å²) in [6, 6.07) is 11.7. The van der Waals surface area contributed by atoms with E-state index in [0.29, 0.717) is 0 Å². The number of nitrogens with one attached hydrogen (secondary N) is 2. The van der Waals surface area contributed by atoms with Crippen LogP contribution in [0.4, 0.5) is 5.69 Å². The van der Waals surface area contributed by atoms with E-state index in [2.05, 4.69) is 15.6 Å². The number of hydrogen-bond donors (Lipinski definition) is 2. The Kier molecular flexibility index (Phi) is 4.85. The number of aromatic nitrogens is 1. The third kappa shape index (κ3) is 3.90. The zero-order valence-corrected chi connectivity index (χ0v) is 11.8. The van der Waals surface area contributed by atoms with Crippen molar-refractivity contribution < 1.29 is 4.79 Å². The summed E-state index contributed by atoms with van der Waals surface area (Å²) in [7, 11) is 0. The van der Waals surface area contributed by atoms with Crippen molar-refractivity contribution in [2.45, 2.75) is 19.9 Å². The molecule has 1 atom stereocenters. The zero-order valence-electron chi connectivity index (χ0n) is 11.8. The molecule has 1 aromatic heterocycles. The van der Waals surface area contributed by atoms with Crippen molar-refractivity contribution in [3.63, 3.8) is 0 Å². The van der Waals surface area contributed by atoms with Crippen LogP contribution in [0.3, 0.4) is 0 Å². The smallest absolute Gasteiger partial charge is 0.238 e. The molecule has 104 valence electrons. The van der Waals surface area contributed by atoms with E-state index in [9.17, 15) is 4.79 Å². The number of para-hydroxylation sites is 1. The van der Waals surface area contributed by atoms with Crippen LogP contribution in [0.25, 0.3) is 0 Å². The Bertz CT molecular complexity index is 569. The average molecular weight is 269 g/mol. The fourth-order valence-corrected chi connectivity index (χ4v) is 1.92. The van der Waals surface area contributed by atoms with Gasteiger partial charge in [0.15, 0.2) is 0 Å². The summed E-state index contributed by atoms with van der Waals surface area (Å²) in [6.45, 7) is 4.27. The quantitative estimate of drug-likeness (QED) is 0.877. The molecule has 2 aromatic rings. The monoisotopic (exact) mass is 269 g/mol. The van der Waals surface area contributed by atoms with Gasteiger partial charge in [-0.1, -0.05) is 18.2 Å². The number of amides is 1. The van der Waals surface area contributed by atoms with Crippen LogP contribution in [0.15, 0.2) is 48.8 Å². The van der Waals surface area contributed by atoms with Gasteiger partial charge in [0.2, 0.25) is 5.91 Å². The van der Waals surface area contributed by atoms with Gasteiger partial charge >= 0.3 is 0 Å². The molecule has 0 saturated heterocycles. The highest BCUT2D eigenvalue weighted by molar-refractivity contribution is 5.92. The summed E-state index contributed by atoms with van der Waals surface area (Å²) in [5.41, 5.74) is 3.03. The standard InChI is InChI=1S/C16H19N3O/c1-12-5-3-4-6-15(12)19-16(20)11-18-13(2)14-7-9-17-10-8-14/h3-10,13,18H,11H2,1-2H3,(H,19,20)/t13-/m0/s1. The average Bonchev–Trinajstić information content (AvgIpc) is 2.48. The number of rotatable bonds is 5. The Morgan fingerprint density at radius 3 is 2.60 bits per heavy atom. The molecule has 4 heteroatoms. The second-order valence-corrected chi connectivity index (χ2v) is 4.75. The summed E-state index contributed by atoms with van der Waals surface area (Å²) in [5, 5.41) is 6.10. The van der Waals surface area contributed by atoms with Gasteiger partial charge in [-0.2, -0.15) is 0 Å². The molecule has 1 amide bonds. The lowest BCUT2D eigenvalue weighted by atomic mass is 10.1. The Labute approximate surface area is 119 Å². The largest absolute Gasteiger partial charge is 0.325 e. The van der Waals surface area contributed by atoms with Gasteiger partial charge in [-0.3, -0.25) is 9.78 Å². The normalized spacial score (nSPS) is 11.9. The minimum Gasteiger partial charge on any atom is -0.325 e. The highest BCUT2D eigenvalue weighted by atomic mass is 16.1. The van der Waals surface area contributed by atoms with Crippen LogP contribution in [0, 0.1) is 6.92 Å². The first-order chi connectivity index (χ1) is 9.66. The highest BCUT2D eigenvalue weighted by Crippen LogP contribution is 2.13. The zero-order chi connectivity index (χ0) is 14.4. The van der Waals surface area contributed by atoms with Crippen LogP contribution in [0.2, 0.25) is 0 Å². The SMILES string of the molecule is Cc1ccccc1NC(=O)CN[C@@H](C)c1ccncc1. The number of carbonyl (C=O) groups is 1. The van der Waals surface area contributed by atoms with E-state index in [1.807, 2.05) is 50.2 Å². The van der Waals surface area contributed by atoms with Crippen LogP contribution in [-0.2, 0) is 4.79 Å². The summed E-state index contributed by atoms with van der Waals surface area (Å²) in [6.07, 6.45) is 3.50. The molecule has 0 aliphatic heterocycles. The Morgan fingerprint density at radius 1 is 1.20 bits per heavy atom. The number of anilines is 1. The number of nitrogens with zero attached hydrogens (tertiary/aromatic N) is 1. The second-order valence-electron chi connectivity index (χ2n) is 4.75. The predicted molar refractivity (Wildman–Crippen MR) is 80.5 cm³/mol. The third-order valence-corrected chi connectivity index (χ3v) is 3.19. The van der Waals surface area contributed by atoms with Crippen LogP contribution in [0.5, 0.6) is 0 Å². The Morgan fingerprint density at radius 2 is 1.90 bits per heavy atom. The van der Waals surface area contributed by atoms with E-state index in [1.54, 1.807) is 12.4 Å². The second kappa shape index (κ2) is 6.82. The molecule has 0 bridgehead atoms. The first-order valence-corrected chi connectivity index (χ1v) is 6.65. The highest BCUT2D eigenvalue weighted by Gasteiger charge is 2.08. The molecular weight excluding hydrogens is 250 g/mol. The summed E-state index contributed by atoms with van der Waals surface area (Å²) >= 11 is 0. The number of hydrogen-bond acceptors (Lipinski definition) is 3. The van der Waals surface area contributed by atoms with Crippen LogP contribution in [-0.4, -0.2) is 17.4 Å². The molecular formula is C16H19N3O. The third-order valence-electron chi connectivity index (χ3n) is 3.19. The maximum Gasteiger partial charge on any atom is 0.238 e. The van der Waals surface area contributed by atoms with E-state index in [4.69, 9.17) is 0 Å². The molecule has 2 rings (SSSR count). The van der Waals surface area contributed by atoms with Gasteiger partial charge in [-0.15, -0.1) is 0 Å². The maximum absolute atomic E-state index is 11.9. The van der Waals surface area contributed by atoms with Gasteiger partial charge in [0, 0.05) is 24.1 Å². The van der Waals surface area contributed by atoms with Crippen molar-refractivity contribution in [2.24, 2.45) is 0 Å². The van der Waals surface area contributed by atoms with Gasteiger partial charge < -0.3 is 10.6 Å². The molecule has 0 aliphatic carbocycles. The molecule has 0 unspecified atom stereocenters. The first-order valence-electron chi connectivity index (χ1n) is 6.65. The summed E-state index contributed by atoms with van der Waals surface area (Å²) in [4.78, 5) is 15.9. The van der Waals surface area contributed by atoms with Crippen molar-refractivity contribution in [3.05, 3.63) is 59.9 Å². The molecule has 1 heterocycles. The van der Waals surface area contributed by atoms with E-state index in [0.717, 1.165) is 16.8 Å². The summed E-state index contributed by atoms with van der Waals surface area (Å²) in [5.74, 6) is -0.0415. The van der Waals surface area contributed by atoms with Gasteiger partial charge in [0.1, 0.15) is 0 Å². The molecule has 0 radical (unpaired) electrons. The van der Waals surface area contributed by atoms with Gasteiger partial charge in [-0.25, -0.2) is 0 Å². The number of benzene rings is 1. The fourth-order valence-electron chi connectivity index (χ4n) is 1.92. The number of aryl methyl sites for hydroxylation is 1. The van der Waals surface area contributed by atoms with Crippen LogP contribution in [0.1, 0.15) is 24.1 Å². The minimum atomic E-state index is -0.0415. The van der Waals surface area contributed by atoms with Crippen molar-refractivity contribution in [1.82, 2.24) is 10.3 Å². The molecule has 0 spiro atoms. The minimum absolute atomic E-state index is 0.0415. The van der Waals surface area contributed by atoms with Crippen LogP contribution < -0.4 is 10.6 Å². The summed E-state index contributed by atoms with van der Waals surface area (Å²) < 4.78 is 0. The van der Waals surface area contributed by atoms with E-state index < -0.39 is 0 Å². The molecule has 0 fully saturated rings. The van der Waals surface area contributed by atoms with E-state index in [-0.39, 0.29) is 18.5 Å². The van der Waals surface area contributed by atoms with Gasteiger partial charge in [0.25, 0.3) is 0 Å². The van der Waals surface area contributed by atoms with Gasteiger partial charge in [-0.05, 0) is 43.2 Å². The molecule has 1 aromatic carbocycles. The predicted octanol–water partition coefficient (Wildman–Crippen LogP) is 2.68. The molecule has 0 saturated carbocycles. The van der Waals surface area contributed by atoms with Crippen molar-refractivity contribution in [2.75, 3.05) is 11.9 Å². The van der Waals surface area contributed by atoms with Gasteiger partial charge in [0.05, 0.1) is 6.54 Å².